The topological polar surface area (TPSA) is 46.6 Å². The minimum atomic E-state index is -0.353. The van der Waals surface area contributed by atoms with E-state index < -0.39 is 0 Å². The Labute approximate surface area is 168 Å². The van der Waals surface area contributed by atoms with Crippen molar-refractivity contribution in [2.24, 2.45) is 5.92 Å². The first kappa shape index (κ1) is 18.3. The number of rotatable bonds is 5. The molecule has 1 aliphatic rings. The van der Waals surface area contributed by atoms with Crippen LogP contribution in [0.25, 0.3) is 0 Å². The zero-order chi connectivity index (χ0) is 19.5. The number of para-hydroxylation sites is 1. The van der Waals surface area contributed by atoms with Crippen LogP contribution in [0, 0.1) is 5.92 Å². The van der Waals surface area contributed by atoms with Crippen molar-refractivity contribution in [3.8, 4) is 11.5 Å². The summed E-state index contributed by atoms with van der Waals surface area (Å²) in [5, 5.41) is 0.650. The Kier molecular flexibility index (Phi) is 5.13. The van der Waals surface area contributed by atoms with Crippen LogP contribution in [-0.2, 0) is 16.0 Å². The van der Waals surface area contributed by atoms with Crippen molar-refractivity contribution < 1.29 is 14.3 Å². The summed E-state index contributed by atoms with van der Waals surface area (Å²) in [5.74, 6) is 0.671. The van der Waals surface area contributed by atoms with Gasteiger partial charge in [-0.3, -0.25) is 14.5 Å². The van der Waals surface area contributed by atoms with Crippen molar-refractivity contribution in [1.82, 2.24) is 0 Å². The molecule has 1 saturated heterocycles. The van der Waals surface area contributed by atoms with Gasteiger partial charge in [0.05, 0.1) is 11.6 Å². The number of benzene rings is 3. The van der Waals surface area contributed by atoms with Crippen LogP contribution in [0.4, 0.5) is 5.69 Å². The number of nitrogens with zero attached hydrogens (tertiary/aromatic N) is 1. The Hall–Kier alpha value is -3.11. The van der Waals surface area contributed by atoms with Gasteiger partial charge in [-0.1, -0.05) is 41.9 Å². The molecule has 2 amide bonds. The number of hydrogen-bond acceptors (Lipinski definition) is 3. The van der Waals surface area contributed by atoms with Gasteiger partial charge < -0.3 is 4.74 Å². The van der Waals surface area contributed by atoms with Crippen molar-refractivity contribution in [3.63, 3.8) is 0 Å². The van der Waals surface area contributed by atoms with E-state index in [0.29, 0.717) is 22.9 Å². The van der Waals surface area contributed by atoms with Gasteiger partial charge in [0.15, 0.2) is 0 Å². The number of anilines is 1. The normalized spacial score (nSPS) is 16.5. The van der Waals surface area contributed by atoms with Gasteiger partial charge in [-0.15, -0.1) is 0 Å². The molecule has 3 aromatic rings. The number of carbonyl (C=O) groups excluding carboxylic acids is 2. The Morgan fingerprint density at radius 1 is 0.857 bits per heavy atom. The summed E-state index contributed by atoms with van der Waals surface area (Å²) in [6.45, 7) is 0. The van der Waals surface area contributed by atoms with Crippen LogP contribution in [0.2, 0.25) is 5.02 Å². The minimum Gasteiger partial charge on any atom is -0.457 e. The van der Waals surface area contributed by atoms with Crippen LogP contribution in [0.15, 0.2) is 78.9 Å². The van der Waals surface area contributed by atoms with Crippen LogP contribution >= 0.6 is 11.6 Å². The summed E-state index contributed by atoms with van der Waals surface area (Å²) < 4.78 is 5.76. The monoisotopic (exact) mass is 391 g/mol. The quantitative estimate of drug-likeness (QED) is 0.558. The number of amides is 2. The summed E-state index contributed by atoms with van der Waals surface area (Å²) in [4.78, 5) is 26.6. The zero-order valence-corrected chi connectivity index (χ0v) is 15.8. The lowest BCUT2D eigenvalue weighted by Gasteiger charge is -2.16. The highest BCUT2D eigenvalue weighted by molar-refractivity contribution is 6.30. The first-order valence-electron chi connectivity index (χ1n) is 9.04. The van der Waals surface area contributed by atoms with Gasteiger partial charge in [-0.25, -0.2) is 0 Å². The average molecular weight is 392 g/mol. The Morgan fingerprint density at radius 2 is 1.50 bits per heavy atom. The summed E-state index contributed by atoms with van der Waals surface area (Å²) in [7, 11) is 0. The number of hydrogen-bond donors (Lipinski definition) is 0. The smallest absolute Gasteiger partial charge is 0.237 e. The van der Waals surface area contributed by atoms with E-state index in [-0.39, 0.29) is 24.2 Å². The summed E-state index contributed by atoms with van der Waals surface area (Å²) in [6.07, 6.45) is 0.733. The third kappa shape index (κ3) is 3.92. The molecule has 1 atom stereocenters. The highest BCUT2D eigenvalue weighted by Gasteiger charge is 2.39. The fraction of sp³-hybridized carbons (Fsp3) is 0.130. The summed E-state index contributed by atoms with van der Waals surface area (Å²) in [6, 6.07) is 23.8. The molecule has 0 N–H and O–H groups in total. The van der Waals surface area contributed by atoms with E-state index in [0.717, 1.165) is 11.3 Å². The highest BCUT2D eigenvalue weighted by Crippen LogP contribution is 2.31. The second kappa shape index (κ2) is 7.87. The van der Waals surface area contributed by atoms with Crippen LogP contribution in [0.1, 0.15) is 12.0 Å². The third-order valence-electron chi connectivity index (χ3n) is 4.71. The maximum Gasteiger partial charge on any atom is 0.237 e. The van der Waals surface area contributed by atoms with E-state index in [1.807, 2.05) is 42.5 Å². The molecule has 4 nitrogen and oxygen atoms in total. The fourth-order valence-corrected chi connectivity index (χ4v) is 3.44. The Bertz CT molecular complexity index is 985. The molecule has 1 heterocycles. The maximum atomic E-state index is 12.8. The molecule has 28 heavy (non-hydrogen) atoms. The van der Waals surface area contributed by atoms with Gasteiger partial charge in [-0.05, 0) is 60.5 Å². The molecule has 0 saturated carbocycles. The van der Waals surface area contributed by atoms with Crippen molar-refractivity contribution in [1.29, 1.82) is 0 Å². The standard InChI is InChI=1S/C23H18ClNO3/c24-18-8-6-16(7-9-18)14-17-15-22(26)25(23(17)27)19-10-12-21(13-11-19)28-20-4-2-1-3-5-20/h1-13,17H,14-15H2/t17-/m0/s1. The lowest BCUT2D eigenvalue weighted by molar-refractivity contribution is -0.122. The molecular formula is C23H18ClNO3. The molecule has 0 radical (unpaired) electrons. The van der Waals surface area contributed by atoms with Gasteiger partial charge in [0.2, 0.25) is 11.8 Å². The average Bonchev–Trinajstić information content (AvgIpc) is 2.98. The maximum absolute atomic E-state index is 12.8. The molecule has 140 valence electrons. The second-order valence-corrected chi connectivity index (χ2v) is 7.14. The van der Waals surface area contributed by atoms with Crippen molar-refractivity contribution in [3.05, 3.63) is 89.4 Å². The van der Waals surface area contributed by atoms with Gasteiger partial charge >= 0.3 is 0 Å². The SMILES string of the molecule is O=C1C[C@H](Cc2ccc(Cl)cc2)C(=O)N1c1ccc(Oc2ccccc2)cc1. The predicted molar refractivity (Wildman–Crippen MR) is 109 cm³/mol. The number of halogens is 1. The van der Waals surface area contributed by atoms with Crippen LogP contribution in [0.5, 0.6) is 11.5 Å². The lowest BCUT2D eigenvalue weighted by atomic mass is 9.98. The molecule has 0 aromatic heterocycles. The molecular weight excluding hydrogens is 374 g/mol. The largest absolute Gasteiger partial charge is 0.457 e. The van der Waals surface area contributed by atoms with Gasteiger partial charge in [0, 0.05) is 11.4 Å². The first-order chi connectivity index (χ1) is 13.6. The van der Waals surface area contributed by atoms with Crippen LogP contribution in [-0.4, -0.2) is 11.8 Å². The molecule has 4 rings (SSSR count). The number of carbonyl (C=O) groups is 2. The second-order valence-electron chi connectivity index (χ2n) is 6.71. The van der Waals surface area contributed by atoms with E-state index in [9.17, 15) is 9.59 Å². The molecule has 0 spiro atoms. The van der Waals surface area contributed by atoms with Gasteiger partial charge in [-0.2, -0.15) is 0 Å². The van der Waals surface area contributed by atoms with Crippen molar-refractivity contribution in [2.45, 2.75) is 12.8 Å². The molecule has 1 aliphatic heterocycles. The molecule has 5 heteroatoms. The fourth-order valence-electron chi connectivity index (χ4n) is 3.32. The molecule has 0 aliphatic carbocycles. The predicted octanol–water partition coefficient (Wildman–Crippen LogP) is 5.25. The molecule has 0 unspecified atom stereocenters. The van der Waals surface area contributed by atoms with Crippen molar-refractivity contribution >= 4 is 29.1 Å². The zero-order valence-electron chi connectivity index (χ0n) is 15.0. The van der Waals surface area contributed by atoms with Crippen LogP contribution < -0.4 is 9.64 Å². The summed E-state index contributed by atoms with van der Waals surface area (Å²) in [5.41, 5.74) is 1.55. The van der Waals surface area contributed by atoms with E-state index in [1.165, 1.54) is 4.90 Å². The molecule has 0 bridgehead atoms. The van der Waals surface area contributed by atoms with E-state index in [2.05, 4.69) is 0 Å². The molecule has 1 fully saturated rings. The Morgan fingerprint density at radius 3 is 2.18 bits per heavy atom. The van der Waals surface area contributed by atoms with Crippen LogP contribution in [0.3, 0.4) is 0 Å². The Balaban J connectivity index is 1.47. The van der Waals surface area contributed by atoms with E-state index >= 15 is 0 Å². The molecule has 3 aromatic carbocycles. The lowest BCUT2D eigenvalue weighted by Crippen LogP contribution is -2.30. The van der Waals surface area contributed by atoms with Gasteiger partial charge in [0.1, 0.15) is 11.5 Å². The minimum absolute atomic E-state index is 0.170. The number of imide groups is 1. The van der Waals surface area contributed by atoms with E-state index in [1.54, 1.807) is 36.4 Å². The third-order valence-corrected chi connectivity index (χ3v) is 4.96. The van der Waals surface area contributed by atoms with E-state index in [4.69, 9.17) is 16.3 Å². The summed E-state index contributed by atoms with van der Waals surface area (Å²) >= 11 is 5.91. The number of ether oxygens (including phenoxy) is 1. The van der Waals surface area contributed by atoms with Gasteiger partial charge in [0.25, 0.3) is 0 Å². The van der Waals surface area contributed by atoms with Crippen molar-refractivity contribution in [2.75, 3.05) is 4.90 Å². The highest BCUT2D eigenvalue weighted by atomic mass is 35.5. The first-order valence-corrected chi connectivity index (χ1v) is 9.42.